The summed E-state index contributed by atoms with van der Waals surface area (Å²) in [6, 6.07) is 10.0. The lowest BCUT2D eigenvalue weighted by atomic mass is 10.2. The minimum absolute atomic E-state index is 0.0997. The number of imidazole rings is 1. The van der Waals surface area contributed by atoms with Crippen LogP contribution in [0.2, 0.25) is 0 Å². The molecular weight excluding hydrogens is 240 g/mol. The quantitative estimate of drug-likeness (QED) is 0.669. The van der Waals surface area contributed by atoms with Crippen molar-refractivity contribution in [2.24, 2.45) is 0 Å². The summed E-state index contributed by atoms with van der Waals surface area (Å²) in [5, 5.41) is 0. The maximum absolute atomic E-state index is 11.5. The van der Waals surface area contributed by atoms with E-state index in [9.17, 15) is 4.79 Å². The van der Waals surface area contributed by atoms with Gasteiger partial charge in [-0.3, -0.25) is 4.79 Å². The minimum Gasteiger partial charge on any atom is -0.311 e. The van der Waals surface area contributed by atoms with Gasteiger partial charge in [-0.25, -0.2) is 15.0 Å². The molecule has 0 radical (unpaired) electrons. The minimum atomic E-state index is -0.0997. The lowest BCUT2D eigenvalue weighted by molar-refractivity contribution is 0.101. The second-order valence-corrected chi connectivity index (χ2v) is 4.31. The van der Waals surface area contributed by atoms with Gasteiger partial charge in [0, 0.05) is 6.92 Å². The number of rotatable bonds is 3. The molecule has 0 aliphatic carbocycles. The highest BCUT2D eigenvalue weighted by Crippen LogP contribution is 2.15. The van der Waals surface area contributed by atoms with Crippen molar-refractivity contribution >= 4 is 16.9 Å². The molecule has 0 saturated carbocycles. The maximum Gasteiger partial charge on any atom is 0.180 e. The summed E-state index contributed by atoms with van der Waals surface area (Å²) in [4.78, 5) is 23.9. The lowest BCUT2D eigenvalue weighted by Crippen LogP contribution is -2.02. The van der Waals surface area contributed by atoms with Crippen molar-refractivity contribution in [3.05, 3.63) is 54.2 Å². The van der Waals surface area contributed by atoms with E-state index in [1.54, 1.807) is 6.33 Å². The summed E-state index contributed by atoms with van der Waals surface area (Å²) in [5.74, 6) is -0.0997. The first-order valence-electron chi connectivity index (χ1n) is 5.96. The Morgan fingerprint density at radius 1 is 1.16 bits per heavy atom. The summed E-state index contributed by atoms with van der Waals surface area (Å²) in [5.41, 5.74) is 2.77. The van der Waals surface area contributed by atoms with Crippen molar-refractivity contribution in [3.63, 3.8) is 0 Å². The van der Waals surface area contributed by atoms with Gasteiger partial charge in [-0.15, -0.1) is 0 Å². The Bertz CT molecular complexity index is 734. The number of hydrogen-bond acceptors (Lipinski definition) is 4. The largest absolute Gasteiger partial charge is 0.311 e. The van der Waals surface area contributed by atoms with Gasteiger partial charge in [-0.1, -0.05) is 30.3 Å². The standard InChI is InChI=1S/C14H12N4O/c1-10(19)12-13-14(16-8-15-12)18(9-17-13)7-11-5-3-2-4-6-11/h2-6,8-9H,7H2,1H3. The molecule has 94 valence electrons. The van der Waals surface area contributed by atoms with Gasteiger partial charge < -0.3 is 4.57 Å². The molecule has 3 rings (SSSR count). The lowest BCUT2D eigenvalue weighted by Gasteiger charge is -2.03. The zero-order chi connectivity index (χ0) is 13.2. The molecule has 0 spiro atoms. The molecule has 19 heavy (non-hydrogen) atoms. The van der Waals surface area contributed by atoms with Crippen LogP contribution in [0.4, 0.5) is 0 Å². The molecule has 0 N–H and O–H groups in total. The molecule has 0 atom stereocenters. The third kappa shape index (κ3) is 2.10. The van der Waals surface area contributed by atoms with Gasteiger partial charge in [0.25, 0.3) is 0 Å². The summed E-state index contributed by atoms with van der Waals surface area (Å²) >= 11 is 0. The Kier molecular flexibility index (Phi) is 2.79. The van der Waals surface area contributed by atoms with Gasteiger partial charge >= 0.3 is 0 Å². The second kappa shape index (κ2) is 4.61. The smallest absolute Gasteiger partial charge is 0.180 e. The topological polar surface area (TPSA) is 60.7 Å². The summed E-state index contributed by atoms with van der Waals surface area (Å²) in [7, 11) is 0. The fourth-order valence-corrected chi connectivity index (χ4v) is 2.03. The van der Waals surface area contributed by atoms with E-state index in [1.807, 2.05) is 34.9 Å². The van der Waals surface area contributed by atoms with Crippen molar-refractivity contribution in [1.29, 1.82) is 0 Å². The van der Waals surface area contributed by atoms with E-state index in [0.29, 0.717) is 23.4 Å². The number of carbonyl (C=O) groups is 1. The average molecular weight is 252 g/mol. The van der Waals surface area contributed by atoms with Crippen LogP contribution < -0.4 is 0 Å². The predicted octanol–water partition coefficient (Wildman–Crippen LogP) is 2.08. The van der Waals surface area contributed by atoms with Crippen molar-refractivity contribution in [3.8, 4) is 0 Å². The van der Waals surface area contributed by atoms with Gasteiger partial charge in [-0.2, -0.15) is 0 Å². The van der Waals surface area contributed by atoms with Gasteiger partial charge in [0.15, 0.2) is 11.4 Å². The Morgan fingerprint density at radius 2 is 1.95 bits per heavy atom. The molecule has 0 bridgehead atoms. The molecule has 5 heteroatoms. The second-order valence-electron chi connectivity index (χ2n) is 4.31. The van der Waals surface area contributed by atoms with Gasteiger partial charge in [0.2, 0.25) is 0 Å². The number of ketones is 1. The molecule has 1 aromatic carbocycles. The monoisotopic (exact) mass is 252 g/mol. The van der Waals surface area contributed by atoms with E-state index in [0.717, 1.165) is 5.56 Å². The molecule has 0 fully saturated rings. The first-order chi connectivity index (χ1) is 9.25. The molecule has 0 aliphatic heterocycles. The highest BCUT2D eigenvalue weighted by Gasteiger charge is 2.13. The molecule has 0 saturated heterocycles. The van der Waals surface area contributed by atoms with Crippen molar-refractivity contribution in [1.82, 2.24) is 19.5 Å². The van der Waals surface area contributed by atoms with E-state index in [1.165, 1.54) is 13.3 Å². The number of aromatic nitrogens is 4. The van der Waals surface area contributed by atoms with E-state index < -0.39 is 0 Å². The maximum atomic E-state index is 11.5. The highest BCUT2D eigenvalue weighted by atomic mass is 16.1. The van der Waals surface area contributed by atoms with Crippen molar-refractivity contribution in [2.75, 3.05) is 0 Å². The number of nitrogens with zero attached hydrogens (tertiary/aromatic N) is 4. The molecular formula is C14H12N4O. The van der Waals surface area contributed by atoms with Crippen molar-refractivity contribution < 1.29 is 4.79 Å². The van der Waals surface area contributed by atoms with Crippen LogP contribution in [0.5, 0.6) is 0 Å². The Morgan fingerprint density at radius 3 is 2.68 bits per heavy atom. The SMILES string of the molecule is CC(=O)c1ncnc2c1ncn2Cc1ccccc1. The van der Waals surface area contributed by atoms with Crippen LogP contribution in [0.3, 0.4) is 0 Å². The molecule has 0 amide bonds. The van der Waals surface area contributed by atoms with E-state index in [2.05, 4.69) is 15.0 Å². The van der Waals surface area contributed by atoms with E-state index >= 15 is 0 Å². The Hall–Kier alpha value is -2.56. The molecule has 0 unspecified atom stereocenters. The number of fused-ring (bicyclic) bond motifs is 1. The summed E-state index contributed by atoms with van der Waals surface area (Å²) < 4.78 is 1.92. The fraction of sp³-hybridized carbons (Fsp3) is 0.143. The van der Waals surface area contributed by atoms with Crippen molar-refractivity contribution in [2.45, 2.75) is 13.5 Å². The number of Topliss-reactive ketones (excluding diaryl/α,β-unsaturated/α-hetero) is 1. The van der Waals surface area contributed by atoms with Crippen LogP contribution in [0.25, 0.3) is 11.2 Å². The highest BCUT2D eigenvalue weighted by molar-refractivity contribution is 6.01. The third-order valence-corrected chi connectivity index (χ3v) is 2.93. The zero-order valence-corrected chi connectivity index (χ0v) is 10.4. The van der Waals surface area contributed by atoms with E-state index in [4.69, 9.17) is 0 Å². The molecule has 3 aromatic rings. The van der Waals surface area contributed by atoms with E-state index in [-0.39, 0.29) is 5.78 Å². The van der Waals surface area contributed by atoms with Crippen LogP contribution in [0, 0.1) is 0 Å². The van der Waals surface area contributed by atoms with Crippen LogP contribution >= 0.6 is 0 Å². The third-order valence-electron chi connectivity index (χ3n) is 2.93. The Balaban J connectivity index is 2.07. The molecule has 0 aliphatic rings. The molecule has 2 aromatic heterocycles. The molecule has 2 heterocycles. The van der Waals surface area contributed by atoms with Crippen LogP contribution in [0.1, 0.15) is 23.0 Å². The van der Waals surface area contributed by atoms with Crippen LogP contribution in [0.15, 0.2) is 43.0 Å². The van der Waals surface area contributed by atoms with Crippen LogP contribution in [-0.4, -0.2) is 25.3 Å². The first-order valence-corrected chi connectivity index (χ1v) is 5.96. The van der Waals surface area contributed by atoms with Gasteiger partial charge in [0.1, 0.15) is 17.5 Å². The summed E-state index contributed by atoms with van der Waals surface area (Å²) in [6.45, 7) is 2.16. The van der Waals surface area contributed by atoms with Crippen LogP contribution in [-0.2, 0) is 6.54 Å². The van der Waals surface area contributed by atoms with Gasteiger partial charge in [-0.05, 0) is 5.56 Å². The normalized spacial score (nSPS) is 10.8. The van der Waals surface area contributed by atoms with Gasteiger partial charge in [0.05, 0.1) is 12.9 Å². The Labute approximate surface area is 110 Å². The zero-order valence-electron chi connectivity index (χ0n) is 10.4. The number of carbonyl (C=O) groups excluding carboxylic acids is 1. The molecule has 5 nitrogen and oxygen atoms in total. The predicted molar refractivity (Wildman–Crippen MR) is 70.9 cm³/mol. The number of benzene rings is 1. The average Bonchev–Trinajstić information content (AvgIpc) is 2.83. The first kappa shape index (κ1) is 11.5. The summed E-state index contributed by atoms with van der Waals surface area (Å²) in [6.07, 6.45) is 3.10. The number of hydrogen-bond donors (Lipinski definition) is 0. The fourth-order valence-electron chi connectivity index (χ4n) is 2.03.